The van der Waals surface area contributed by atoms with Gasteiger partial charge in [0.2, 0.25) is 0 Å². The molecule has 0 radical (unpaired) electrons. The summed E-state index contributed by atoms with van der Waals surface area (Å²) in [6.45, 7) is 3.58. The van der Waals surface area contributed by atoms with E-state index in [2.05, 4.69) is 5.32 Å². The first-order chi connectivity index (χ1) is 7.69. The summed E-state index contributed by atoms with van der Waals surface area (Å²) in [6.07, 6.45) is 0.808. The van der Waals surface area contributed by atoms with Crippen molar-refractivity contribution in [3.8, 4) is 0 Å². The molecule has 1 N–H and O–H groups in total. The van der Waals surface area contributed by atoms with E-state index >= 15 is 0 Å². The molecular formula is C13H17NO2. The maximum Gasteiger partial charge on any atom is 0.317 e. The summed E-state index contributed by atoms with van der Waals surface area (Å²) < 4.78 is 4.94. The third-order valence-corrected chi connectivity index (χ3v) is 3.34. The van der Waals surface area contributed by atoms with Crippen molar-refractivity contribution in [2.75, 3.05) is 20.2 Å². The molecule has 1 atom stereocenters. The van der Waals surface area contributed by atoms with Crippen LogP contribution in [0.3, 0.4) is 0 Å². The van der Waals surface area contributed by atoms with E-state index in [9.17, 15) is 4.79 Å². The fraction of sp³-hybridized carbons (Fsp3) is 0.462. The molecule has 0 aromatic heterocycles. The lowest BCUT2D eigenvalue weighted by Gasteiger charge is -2.25. The van der Waals surface area contributed by atoms with Crippen molar-refractivity contribution in [2.45, 2.75) is 18.8 Å². The summed E-state index contributed by atoms with van der Waals surface area (Å²) in [5.41, 5.74) is 1.77. The third-order valence-electron chi connectivity index (χ3n) is 3.34. The Balaban J connectivity index is 2.39. The molecule has 0 bridgehead atoms. The van der Waals surface area contributed by atoms with E-state index in [0.717, 1.165) is 18.5 Å². The highest BCUT2D eigenvalue weighted by atomic mass is 16.5. The van der Waals surface area contributed by atoms with E-state index in [-0.39, 0.29) is 5.97 Å². The molecule has 1 aromatic carbocycles. The average Bonchev–Trinajstić information content (AvgIpc) is 2.79. The summed E-state index contributed by atoms with van der Waals surface area (Å²) >= 11 is 0. The molecule has 1 saturated heterocycles. The summed E-state index contributed by atoms with van der Waals surface area (Å²) in [5, 5.41) is 3.24. The standard InChI is InChI=1S/C13H17NO2/c1-10-3-5-11(6-4-10)13(12(15)16-2)7-8-14-9-13/h3-6,14H,7-9H2,1-2H3. The van der Waals surface area contributed by atoms with E-state index in [0.29, 0.717) is 6.54 Å². The molecule has 3 nitrogen and oxygen atoms in total. The maximum absolute atomic E-state index is 12.0. The van der Waals surface area contributed by atoms with Gasteiger partial charge in [-0.1, -0.05) is 29.8 Å². The molecule has 0 saturated carbocycles. The van der Waals surface area contributed by atoms with Gasteiger partial charge in [-0.05, 0) is 25.5 Å². The Hall–Kier alpha value is -1.35. The number of benzene rings is 1. The number of aryl methyl sites for hydroxylation is 1. The number of hydrogen-bond donors (Lipinski definition) is 1. The highest BCUT2D eigenvalue weighted by Crippen LogP contribution is 2.32. The van der Waals surface area contributed by atoms with Crippen LogP contribution in [0.25, 0.3) is 0 Å². The number of carbonyl (C=O) groups excluding carboxylic acids is 1. The molecule has 0 spiro atoms. The van der Waals surface area contributed by atoms with Crippen molar-refractivity contribution in [2.24, 2.45) is 0 Å². The SMILES string of the molecule is COC(=O)C1(c2ccc(C)cc2)CCNC1. The Morgan fingerprint density at radius 2 is 2.06 bits per heavy atom. The fourth-order valence-corrected chi connectivity index (χ4v) is 2.30. The summed E-state index contributed by atoms with van der Waals surface area (Å²) in [7, 11) is 1.45. The first-order valence-corrected chi connectivity index (χ1v) is 5.55. The first-order valence-electron chi connectivity index (χ1n) is 5.55. The van der Waals surface area contributed by atoms with Gasteiger partial charge >= 0.3 is 5.97 Å². The monoisotopic (exact) mass is 219 g/mol. The quantitative estimate of drug-likeness (QED) is 0.764. The molecule has 1 aliphatic rings. The molecule has 86 valence electrons. The van der Waals surface area contributed by atoms with Crippen molar-refractivity contribution >= 4 is 5.97 Å². The molecule has 1 unspecified atom stereocenters. The van der Waals surface area contributed by atoms with Gasteiger partial charge in [0.1, 0.15) is 5.41 Å². The number of methoxy groups -OCH3 is 1. The Morgan fingerprint density at radius 1 is 1.38 bits per heavy atom. The molecule has 1 heterocycles. The predicted molar refractivity (Wildman–Crippen MR) is 62.4 cm³/mol. The van der Waals surface area contributed by atoms with Crippen LogP contribution in [-0.4, -0.2) is 26.2 Å². The minimum absolute atomic E-state index is 0.138. The average molecular weight is 219 g/mol. The van der Waals surface area contributed by atoms with E-state index in [4.69, 9.17) is 4.74 Å². The van der Waals surface area contributed by atoms with Crippen molar-refractivity contribution in [1.82, 2.24) is 5.32 Å². The topological polar surface area (TPSA) is 38.3 Å². The van der Waals surface area contributed by atoms with Crippen LogP contribution in [0.4, 0.5) is 0 Å². The molecule has 0 aliphatic carbocycles. The van der Waals surface area contributed by atoms with Gasteiger partial charge in [-0.25, -0.2) is 0 Å². The Morgan fingerprint density at radius 3 is 2.56 bits per heavy atom. The molecule has 2 rings (SSSR count). The van der Waals surface area contributed by atoms with E-state index in [1.807, 2.05) is 31.2 Å². The van der Waals surface area contributed by atoms with Crippen molar-refractivity contribution in [3.63, 3.8) is 0 Å². The van der Waals surface area contributed by atoms with Crippen LogP contribution in [0.2, 0.25) is 0 Å². The summed E-state index contributed by atoms with van der Waals surface area (Å²) in [6, 6.07) is 8.13. The second-order valence-corrected chi connectivity index (χ2v) is 4.37. The van der Waals surface area contributed by atoms with E-state index in [1.165, 1.54) is 12.7 Å². The second kappa shape index (κ2) is 4.26. The number of esters is 1. The number of hydrogen-bond acceptors (Lipinski definition) is 3. The van der Waals surface area contributed by atoms with Crippen LogP contribution in [-0.2, 0) is 14.9 Å². The zero-order chi connectivity index (χ0) is 11.6. The van der Waals surface area contributed by atoms with Gasteiger partial charge in [0, 0.05) is 6.54 Å². The number of nitrogens with one attached hydrogen (secondary N) is 1. The van der Waals surface area contributed by atoms with Crippen LogP contribution < -0.4 is 5.32 Å². The van der Waals surface area contributed by atoms with Crippen molar-refractivity contribution in [1.29, 1.82) is 0 Å². The van der Waals surface area contributed by atoms with Crippen molar-refractivity contribution in [3.05, 3.63) is 35.4 Å². The predicted octanol–water partition coefficient (Wildman–Crippen LogP) is 1.40. The lowest BCUT2D eigenvalue weighted by atomic mass is 9.79. The van der Waals surface area contributed by atoms with Crippen LogP contribution in [0.5, 0.6) is 0 Å². The van der Waals surface area contributed by atoms with Crippen LogP contribution in [0.1, 0.15) is 17.5 Å². The molecule has 1 fully saturated rings. The van der Waals surface area contributed by atoms with Gasteiger partial charge in [0.15, 0.2) is 0 Å². The highest BCUT2D eigenvalue weighted by Gasteiger charge is 2.43. The lowest BCUT2D eigenvalue weighted by Crippen LogP contribution is -2.39. The Labute approximate surface area is 95.8 Å². The summed E-state index contributed by atoms with van der Waals surface area (Å²) in [4.78, 5) is 12.0. The minimum atomic E-state index is -0.484. The fourth-order valence-electron chi connectivity index (χ4n) is 2.30. The highest BCUT2D eigenvalue weighted by molar-refractivity contribution is 5.84. The van der Waals surface area contributed by atoms with Gasteiger partial charge in [0.05, 0.1) is 7.11 Å². The van der Waals surface area contributed by atoms with Crippen LogP contribution in [0.15, 0.2) is 24.3 Å². The van der Waals surface area contributed by atoms with Gasteiger partial charge in [0.25, 0.3) is 0 Å². The lowest BCUT2D eigenvalue weighted by molar-refractivity contribution is -0.146. The number of ether oxygens (including phenoxy) is 1. The number of rotatable bonds is 2. The second-order valence-electron chi connectivity index (χ2n) is 4.37. The molecule has 3 heteroatoms. The smallest absolute Gasteiger partial charge is 0.317 e. The molecule has 1 aliphatic heterocycles. The van der Waals surface area contributed by atoms with E-state index < -0.39 is 5.41 Å². The van der Waals surface area contributed by atoms with Gasteiger partial charge in [-0.2, -0.15) is 0 Å². The molecule has 16 heavy (non-hydrogen) atoms. The van der Waals surface area contributed by atoms with Crippen molar-refractivity contribution < 1.29 is 9.53 Å². The zero-order valence-electron chi connectivity index (χ0n) is 9.75. The molecular weight excluding hydrogens is 202 g/mol. The van der Waals surface area contributed by atoms with Gasteiger partial charge < -0.3 is 10.1 Å². The first kappa shape index (κ1) is 11.1. The van der Waals surface area contributed by atoms with Gasteiger partial charge in [-0.3, -0.25) is 4.79 Å². The largest absolute Gasteiger partial charge is 0.468 e. The molecule has 0 amide bonds. The Kier molecular flexibility index (Phi) is 2.97. The summed E-state index contributed by atoms with van der Waals surface area (Å²) in [5.74, 6) is -0.138. The third kappa shape index (κ3) is 1.71. The zero-order valence-corrected chi connectivity index (χ0v) is 9.75. The van der Waals surface area contributed by atoms with Gasteiger partial charge in [-0.15, -0.1) is 0 Å². The normalized spacial score (nSPS) is 24.4. The Bertz CT molecular complexity index is 377. The van der Waals surface area contributed by atoms with E-state index in [1.54, 1.807) is 0 Å². The van der Waals surface area contributed by atoms with Crippen LogP contribution >= 0.6 is 0 Å². The number of carbonyl (C=O) groups is 1. The maximum atomic E-state index is 12.0. The minimum Gasteiger partial charge on any atom is -0.468 e. The molecule has 1 aromatic rings. The van der Waals surface area contributed by atoms with Crippen LogP contribution in [0, 0.1) is 6.92 Å².